The van der Waals surface area contributed by atoms with Crippen molar-refractivity contribution in [3.05, 3.63) is 46.6 Å². The van der Waals surface area contributed by atoms with Crippen LogP contribution in [0.1, 0.15) is 29.8 Å². The van der Waals surface area contributed by atoms with Crippen LogP contribution in [-0.2, 0) is 18.4 Å². The zero-order valence-electron chi connectivity index (χ0n) is 13.8. The molecule has 1 atom stereocenters. The summed E-state index contributed by atoms with van der Waals surface area (Å²) in [6, 6.07) is 6.84. The zero-order chi connectivity index (χ0) is 17.4. The van der Waals surface area contributed by atoms with Crippen LogP contribution in [0.5, 0.6) is 0 Å². The van der Waals surface area contributed by atoms with Crippen LogP contribution in [0.3, 0.4) is 0 Å². The van der Waals surface area contributed by atoms with Gasteiger partial charge in [0.2, 0.25) is 5.91 Å². The van der Waals surface area contributed by atoms with E-state index in [1.54, 1.807) is 24.2 Å². The number of anilines is 1. The molecule has 2 aromatic rings. The van der Waals surface area contributed by atoms with E-state index in [0.29, 0.717) is 22.9 Å². The first-order valence-electron chi connectivity index (χ1n) is 7.77. The number of rotatable bonds is 4. The molecule has 1 N–H and O–H groups in total. The molecular weight excluding hydrogens is 328 g/mol. The summed E-state index contributed by atoms with van der Waals surface area (Å²) in [7, 11) is 1.72. The second-order valence-corrected chi connectivity index (χ2v) is 6.67. The number of fused-ring (bicyclic) bond motifs is 1. The van der Waals surface area contributed by atoms with Crippen LogP contribution < -0.4 is 5.32 Å². The van der Waals surface area contributed by atoms with Gasteiger partial charge in [-0.1, -0.05) is 43.6 Å². The molecule has 0 spiro atoms. The van der Waals surface area contributed by atoms with Gasteiger partial charge in [-0.15, -0.1) is 0 Å². The van der Waals surface area contributed by atoms with Crippen LogP contribution in [0, 0.1) is 5.92 Å². The number of aromatic nitrogens is 2. The van der Waals surface area contributed by atoms with Crippen molar-refractivity contribution in [1.82, 2.24) is 14.7 Å². The number of carbonyl (C=O) groups excluding carboxylic acids is 2. The predicted octanol–water partition coefficient (Wildman–Crippen LogP) is 2.69. The quantitative estimate of drug-likeness (QED) is 0.925. The van der Waals surface area contributed by atoms with Gasteiger partial charge in [0, 0.05) is 25.4 Å². The van der Waals surface area contributed by atoms with Gasteiger partial charge in [0.05, 0.1) is 0 Å². The molecule has 1 aromatic carbocycles. The Morgan fingerprint density at radius 1 is 1.33 bits per heavy atom. The standard InChI is InChI=1S/C17H19ClN4O2/c1-10(2)14(16(23)19-15-13(18)9-21(3)20-15)22-8-11-6-4-5-7-12(11)17(22)24/h4-7,9-10,14H,8H2,1-3H3,(H,19,20,23)/t14-/m1/s1. The Morgan fingerprint density at radius 3 is 2.62 bits per heavy atom. The fraction of sp³-hybridized carbons (Fsp3) is 0.353. The van der Waals surface area contributed by atoms with E-state index >= 15 is 0 Å². The highest BCUT2D eigenvalue weighted by molar-refractivity contribution is 6.33. The van der Waals surface area contributed by atoms with Crippen molar-refractivity contribution in [2.75, 3.05) is 5.32 Å². The summed E-state index contributed by atoms with van der Waals surface area (Å²) in [5, 5.41) is 7.23. The van der Waals surface area contributed by atoms with Gasteiger partial charge in [-0.25, -0.2) is 0 Å². The topological polar surface area (TPSA) is 67.2 Å². The average molecular weight is 347 g/mol. The molecule has 2 amide bonds. The van der Waals surface area contributed by atoms with E-state index in [2.05, 4.69) is 10.4 Å². The molecule has 0 aliphatic carbocycles. The minimum absolute atomic E-state index is 0.0502. The Kier molecular flexibility index (Phi) is 4.32. The maximum absolute atomic E-state index is 12.8. The third kappa shape index (κ3) is 2.89. The molecule has 3 rings (SSSR count). The van der Waals surface area contributed by atoms with Gasteiger partial charge >= 0.3 is 0 Å². The molecule has 0 fully saturated rings. The molecule has 0 saturated carbocycles. The van der Waals surface area contributed by atoms with Crippen molar-refractivity contribution in [3.8, 4) is 0 Å². The van der Waals surface area contributed by atoms with Crippen LogP contribution in [0.15, 0.2) is 30.5 Å². The first-order chi connectivity index (χ1) is 11.4. The van der Waals surface area contributed by atoms with E-state index in [0.717, 1.165) is 5.56 Å². The second-order valence-electron chi connectivity index (χ2n) is 6.27. The number of nitrogens with one attached hydrogen (secondary N) is 1. The van der Waals surface area contributed by atoms with Crippen LogP contribution in [0.2, 0.25) is 5.02 Å². The summed E-state index contributed by atoms with van der Waals surface area (Å²) in [5.74, 6) is -0.150. The Balaban J connectivity index is 1.85. The number of hydrogen-bond donors (Lipinski definition) is 1. The number of carbonyl (C=O) groups is 2. The van der Waals surface area contributed by atoms with E-state index in [4.69, 9.17) is 11.6 Å². The molecule has 1 aromatic heterocycles. The van der Waals surface area contributed by atoms with Crippen molar-refractivity contribution >= 4 is 29.2 Å². The molecule has 0 unspecified atom stereocenters. The predicted molar refractivity (Wildman–Crippen MR) is 91.8 cm³/mol. The van der Waals surface area contributed by atoms with Crippen LogP contribution in [0.25, 0.3) is 0 Å². The van der Waals surface area contributed by atoms with Crippen LogP contribution >= 0.6 is 11.6 Å². The van der Waals surface area contributed by atoms with E-state index < -0.39 is 6.04 Å². The first-order valence-corrected chi connectivity index (χ1v) is 8.15. The molecule has 1 aliphatic rings. The van der Waals surface area contributed by atoms with Gasteiger partial charge in [0.15, 0.2) is 5.82 Å². The smallest absolute Gasteiger partial charge is 0.255 e. The molecule has 6 nitrogen and oxygen atoms in total. The minimum atomic E-state index is -0.594. The van der Waals surface area contributed by atoms with Gasteiger partial charge in [0.25, 0.3) is 5.91 Å². The SMILES string of the molecule is CC(C)[C@H](C(=O)Nc1nn(C)cc1Cl)N1Cc2ccccc2C1=O. The number of halogens is 1. The summed E-state index contributed by atoms with van der Waals surface area (Å²) in [6.45, 7) is 4.27. The Bertz CT molecular complexity index is 800. The van der Waals surface area contributed by atoms with E-state index in [1.165, 1.54) is 4.68 Å². The monoisotopic (exact) mass is 346 g/mol. The maximum Gasteiger partial charge on any atom is 0.255 e. The molecule has 0 radical (unpaired) electrons. The summed E-state index contributed by atoms with van der Waals surface area (Å²) in [5.41, 5.74) is 1.60. The van der Waals surface area contributed by atoms with Crippen molar-refractivity contribution < 1.29 is 9.59 Å². The van der Waals surface area contributed by atoms with Crippen molar-refractivity contribution in [3.63, 3.8) is 0 Å². The summed E-state index contributed by atoms with van der Waals surface area (Å²) in [4.78, 5) is 27.1. The lowest BCUT2D eigenvalue weighted by atomic mass is 10.0. The Labute approximate surface area is 145 Å². The normalized spacial score (nSPS) is 14.9. The van der Waals surface area contributed by atoms with Crippen molar-refractivity contribution in [1.29, 1.82) is 0 Å². The number of benzene rings is 1. The molecule has 2 heterocycles. The molecule has 126 valence electrons. The molecule has 0 saturated heterocycles. The van der Waals surface area contributed by atoms with Gasteiger partial charge in [-0.05, 0) is 17.5 Å². The van der Waals surface area contributed by atoms with Crippen LogP contribution in [-0.4, -0.2) is 32.5 Å². The van der Waals surface area contributed by atoms with Crippen molar-refractivity contribution in [2.24, 2.45) is 13.0 Å². The number of nitrogens with zero attached hydrogens (tertiary/aromatic N) is 3. The first kappa shape index (κ1) is 16.5. The van der Waals surface area contributed by atoms with Crippen molar-refractivity contribution in [2.45, 2.75) is 26.4 Å². The lowest BCUT2D eigenvalue weighted by Gasteiger charge is -2.29. The fourth-order valence-corrected chi connectivity index (χ4v) is 3.27. The lowest BCUT2D eigenvalue weighted by Crippen LogP contribution is -2.47. The molecule has 7 heteroatoms. The van der Waals surface area contributed by atoms with Gasteiger partial charge in [0.1, 0.15) is 11.1 Å². The van der Waals surface area contributed by atoms with E-state index in [1.807, 2.05) is 32.0 Å². The third-order valence-corrected chi connectivity index (χ3v) is 4.39. The second kappa shape index (κ2) is 6.28. The Hall–Kier alpha value is -2.34. The number of hydrogen-bond acceptors (Lipinski definition) is 3. The average Bonchev–Trinajstić information content (AvgIpc) is 3.00. The third-order valence-electron chi connectivity index (χ3n) is 4.11. The zero-order valence-corrected chi connectivity index (χ0v) is 14.5. The van der Waals surface area contributed by atoms with E-state index in [9.17, 15) is 9.59 Å². The fourth-order valence-electron chi connectivity index (χ4n) is 3.04. The van der Waals surface area contributed by atoms with Gasteiger partial charge in [-0.2, -0.15) is 5.10 Å². The lowest BCUT2D eigenvalue weighted by molar-refractivity contribution is -0.122. The van der Waals surface area contributed by atoms with Gasteiger partial charge in [-0.3, -0.25) is 14.3 Å². The molecular formula is C17H19ClN4O2. The minimum Gasteiger partial charge on any atom is -0.322 e. The van der Waals surface area contributed by atoms with E-state index in [-0.39, 0.29) is 17.7 Å². The maximum atomic E-state index is 12.8. The molecule has 1 aliphatic heterocycles. The highest BCUT2D eigenvalue weighted by Crippen LogP contribution is 2.28. The Morgan fingerprint density at radius 2 is 2.04 bits per heavy atom. The number of aryl methyl sites for hydroxylation is 1. The highest BCUT2D eigenvalue weighted by Gasteiger charge is 2.38. The van der Waals surface area contributed by atoms with Gasteiger partial charge < -0.3 is 10.2 Å². The molecule has 24 heavy (non-hydrogen) atoms. The summed E-state index contributed by atoms with van der Waals surface area (Å²) in [6.07, 6.45) is 1.61. The molecule has 0 bridgehead atoms. The van der Waals surface area contributed by atoms with Crippen LogP contribution in [0.4, 0.5) is 5.82 Å². The summed E-state index contributed by atoms with van der Waals surface area (Å²) < 4.78 is 1.53. The summed E-state index contributed by atoms with van der Waals surface area (Å²) >= 11 is 6.06. The largest absolute Gasteiger partial charge is 0.322 e. The number of amides is 2. The highest BCUT2D eigenvalue weighted by atomic mass is 35.5.